The maximum atomic E-state index is 13.6. The Kier molecular flexibility index (Phi) is 6.28. The van der Waals surface area contributed by atoms with Gasteiger partial charge in [-0.1, -0.05) is 26.8 Å². The summed E-state index contributed by atoms with van der Waals surface area (Å²) in [6.07, 6.45) is 7.22. The molecule has 0 bridgehead atoms. The normalized spacial score (nSPS) is 15.9. The van der Waals surface area contributed by atoms with Crippen molar-refractivity contribution in [3.8, 4) is 12.1 Å². The molecular weight excluding hydrogens is 469 g/mol. The van der Waals surface area contributed by atoms with Crippen LogP contribution in [0.1, 0.15) is 56.3 Å². The number of hydrazine groups is 2. The van der Waals surface area contributed by atoms with Crippen LogP contribution in [-0.4, -0.2) is 27.6 Å². The molecule has 2 aromatic heterocycles. The van der Waals surface area contributed by atoms with Crippen molar-refractivity contribution < 1.29 is 4.39 Å². The number of hydrogen-bond acceptors (Lipinski definition) is 9. The Labute approximate surface area is 215 Å². The Morgan fingerprint density at radius 1 is 1.14 bits per heavy atom. The summed E-state index contributed by atoms with van der Waals surface area (Å²) in [5.41, 5.74) is 10.5. The van der Waals surface area contributed by atoms with Crippen LogP contribution < -0.4 is 21.6 Å². The highest BCUT2D eigenvalue weighted by Crippen LogP contribution is 2.35. The van der Waals surface area contributed by atoms with Gasteiger partial charge in [0.2, 0.25) is 5.95 Å². The van der Waals surface area contributed by atoms with Crippen molar-refractivity contribution in [1.29, 1.82) is 10.5 Å². The van der Waals surface area contributed by atoms with Crippen LogP contribution in [-0.2, 0) is 0 Å². The molecule has 2 aliphatic rings. The lowest BCUT2D eigenvalue weighted by molar-refractivity contribution is 0.260. The molecule has 1 aromatic carbocycles. The quantitative estimate of drug-likeness (QED) is 0.350. The van der Waals surface area contributed by atoms with Crippen molar-refractivity contribution in [3.63, 3.8) is 0 Å². The first kappa shape index (κ1) is 24.3. The van der Waals surface area contributed by atoms with E-state index in [0.717, 1.165) is 24.1 Å². The van der Waals surface area contributed by atoms with Crippen molar-refractivity contribution >= 4 is 22.3 Å². The van der Waals surface area contributed by atoms with Crippen molar-refractivity contribution in [1.82, 2.24) is 25.9 Å². The number of halogens is 1. The molecule has 0 amide bonds. The zero-order chi connectivity index (χ0) is 26.2. The zero-order valence-corrected chi connectivity index (χ0v) is 20.9. The molecule has 0 radical (unpaired) electrons. The fourth-order valence-corrected chi connectivity index (χ4v) is 4.21. The van der Waals surface area contributed by atoms with Crippen LogP contribution in [0.3, 0.4) is 0 Å². The Hall–Kier alpha value is -4.41. The molecule has 0 spiro atoms. The standard InChI is InChI=1S/C27H28FN9/c1-27(2,3)15-33-25-18(11-30)13-32-24-17(10-29)8-19(9-21(24)25)34-26(16-4-7-23(28)31-12-16)22-14-37(36-35-22)20-5-6-20/h4,7-9,12-14,20,26,34-36H,5-6,15H2,1-3H3,(H,32,33). The van der Waals surface area contributed by atoms with Gasteiger partial charge < -0.3 is 16.1 Å². The summed E-state index contributed by atoms with van der Waals surface area (Å²) in [7, 11) is 0. The van der Waals surface area contributed by atoms with E-state index in [9.17, 15) is 14.9 Å². The molecule has 10 heteroatoms. The molecule has 1 atom stereocenters. The monoisotopic (exact) mass is 497 g/mol. The summed E-state index contributed by atoms with van der Waals surface area (Å²) in [5, 5.41) is 29.3. The molecule has 1 saturated carbocycles. The Bertz CT molecular complexity index is 1440. The van der Waals surface area contributed by atoms with Gasteiger partial charge in [0.1, 0.15) is 12.1 Å². The maximum Gasteiger partial charge on any atom is 0.212 e. The van der Waals surface area contributed by atoms with Gasteiger partial charge in [-0.05, 0) is 42.0 Å². The average Bonchev–Trinajstić information content (AvgIpc) is 3.62. The Balaban J connectivity index is 1.58. The molecule has 1 aliphatic heterocycles. The third kappa shape index (κ3) is 5.25. The number of nitrogens with one attached hydrogen (secondary N) is 4. The van der Waals surface area contributed by atoms with E-state index >= 15 is 0 Å². The summed E-state index contributed by atoms with van der Waals surface area (Å²) in [6.45, 7) is 6.94. The highest BCUT2D eigenvalue weighted by molar-refractivity contribution is 5.99. The van der Waals surface area contributed by atoms with Gasteiger partial charge in [0.15, 0.2) is 0 Å². The minimum atomic E-state index is -0.560. The summed E-state index contributed by atoms with van der Waals surface area (Å²) in [6, 6.07) is 11.1. The number of nitriles is 2. The summed E-state index contributed by atoms with van der Waals surface area (Å²) in [4.78, 5) is 8.27. The Morgan fingerprint density at radius 2 is 1.92 bits per heavy atom. The third-order valence-corrected chi connectivity index (χ3v) is 6.26. The molecule has 188 valence electrons. The van der Waals surface area contributed by atoms with Gasteiger partial charge in [0.25, 0.3) is 0 Å². The second-order valence-electron chi connectivity index (χ2n) is 10.6. The van der Waals surface area contributed by atoms with Crippen molar-refractivity contribution in [2.45, 2.75) is 45.7 Å². The first-order valence-corrected chi connectivity index (χ1v) is 12.2. The van der Waals surface area contributed by atoms with E-state index in [1.54, 1.807) is 12.1 Å². The van der Waals surface area contributed by atoms with E-state index in [2.05, 4.69) is 64.5 Å². The van der Waals surface area contributed by atoms with E-state index in [4.69, 9.17) is 0 Å². The van der Waals surface area contributed by atoms with Crippen molar-refractivity contribution in [3.05, 3.63) is 71.2 Å². The van der Waals surface area contributed by atoms with Gasteiger partial charge in [-0.2, -0.15) is 14.9 Å². The number of benzene rings is 1. The summed E-state index contributed by atoms with van der Waals surface area (Å²) in [5.74, 6) is -0.560. The molecule has 37 heavy (non-hydrogen) atoms. The molecule has 3 aromatic rings. The van der Waals surface area contributed by atoms with Gasteiger partial charge in [0, 0.05) is 42.3 Å². The Morgan fingerprint density at radius 3 is 2.57 bits per heavy atom. The van der Waals surface area contributed by atoms with E-state index in [1.165, 1.54) is 18.5 Å². The van der Waals surface area contributed by atoms with Gasteiger partial charge in [0.05, 0.1) is 34.1 Å². The minimum absolute atomic E-state index is 0.0298. The fourth-order valence-electron chi connectivity index (χ4n) is 4.21. The molecule has 0 saturated heterocycles. The average molecular weight is 498 g/mol. The van der Waals surface area contributed by atoms with Gasteiger partial charge in [-0.3, -0.25) is 9.99 Å². The predicted octanol–water partition coefficient (Wildman–Crippen LogP) is 4.45. The first-order chi connectivity index (χ1) is 17.8. The van der Waals surface area contributed by atoms with Crippen LogP contribution in [0, 0.1) is 34.0 Å². The molecule has 9 nitrogen and oxygen atoms in total. The number of aromatic nitrogens is 2. The molecule has 1 unspecified atom stereocenters. The minimum Gasteiger partial charge on any atom is -0.383 e. The van der Waals surface area contributed by atoms with Crippen LogP contribution >= 0.6 is 0 Å². The smallest absolute Gasteiger partial charge is 0.212 e. The molecule has 3 heterocycles. The molecule has 5 rings (SSSR count). The number of nitrogens with zero attached hydrogens (tertiary/aromatic N) is 5. The maximum absolute atomic E-state index is 13.6. The van der Waals surface area contributed by atoms with Crippen molar-refractivity contribution in [2.24, 2.45) is 5.41 Å². The van der Waals surface area contributed by atoms with Gasteiger partial charge in [-0.15, -0.1) is 5.53 Å². The summed E-state index contributed by atoms with van der Waals surface area (Å²) < 4.78 is 13.6. The number of rotatable bonds is 7. The first-order valence-electron chi connectivity index (χ1n) is 12.2. The van der Waals surface area contributed by atoms with Crippen LogP contribution in [0.2, 0.25) is 0 Å². The van der Waals surface area contributed by atoms with E-state index in [0.29, 0.717) is 46.0 Å². The molecular formula is C27H28FN9. The van der Waals surface area contributed by atoms with Crippen LogP contribution in [0.25, 0.3) is 10.9 Å². The lowest BCUT2D eigenvalue weighted by Crippen LogP contribution is -2.38. The highest BCUT2D eigenvalue weighted by Gasteiger charge is 2.32. The topological polar surface area (TPSA) is 125 Å². The van der Waals surface area contributed by atoms with E-state index in [1.807, 2.05) is 17.3 Å². The highest BCUT2D eigenvalue weighted by atomic mass is 19.1. The van der Waals surface area contributed by atoms with Crippen molar-refractivity contribution in [2.75, 3.05) is 17.2 Å². The van der Waals surface area contributed by atoms with E-state index in [-0.39, 0.29) is 5.41 Å². The van der Waals surface area contributed by atoms with Gasteiger partial charge in [-0.25, -0.2) is 4.98 Å². The van der Waals surface area contributed by atoms with E-state index < -0.39 is 12.0 Å². The second-order valence-corrected chi connectivity index (χ2v) is 10.6. The van der Waals surface area contributed by atoms with Crippen LogP contribution in [0.4, 0.5) is 15.8 Å². The SMILES string of the molecule is CC(C)(C)CNc1c(C#N)cnc2c(C#N)cc(NC(C3=CN(C4CC4)NN3)c3ccc(F)nc3)cc12. The predicted molar refractivity (Wildman–Crippen MR) is 139 cm³/mol. The second kappa shape index (κ2) is 9.57. The molecule has 1 fully saturated rings. The lowest BCUT2D eigenvalue weighted by atomic mass is 9.96. The number of hydrogen-bond donors (Lipinski definition) is 4. The largest absolute Gasteiger partial charge is 0.383 e. The molecule has 4 N–H and O–H groups in total. The third-order valence-electron chi connectivity index (χ3n) is 6.26. The van der Waals surface area contributed by atoms with Crippen LogP contribution in [0.5, 0.6) is 0 Å². The number of fused-ring (bicyclic) bond motifs is 1. The number of pyridine rings is 2. The van der Waals surface area contributed by atoms with Gasteiger partial charge >= 0.3 is 0 Å². The summed E-state index contributed by atoms with van der Waals surface area (Å²) >= 11 is 0. The lowest BCUT2D eigenvalue weighted by Gasteiger charge is -2.23. The zero-order valence-electron chi connectivity index (χ0n) is 20.9. The molecule has 1 aliphatic carbocycles. The van der Waals surface area contributed by atoms with Crippen LogP contribution in [0.15, 0.2) is 48.6 Å². The fraction of sp³-hybridized carbons (Fsp3) is 0.333. The number of anilines is 2.